The molecule has 0 saturated carbocycles. The Morgan fingerprint density at radius 2 is 2.32 bits per heavy atom. The first-order chi connectivity index (χ1) is 10.6. The Morgan fingerprint density at radius 3 is 3.00 bits per heavy atom. The van der Waals surface area contributed by atoms with Gasteiger partial charge in [-0.05, 0) is 24.6 Å². The smallest absolute Gasteiger partial charge is 0.321 e. The Morgan fingerprint density at radius 1 is 1.50 bits per heavy atom. The summed E-state index contributed by atoms with van der Waals surface area (Å²) >= 11 is 3.39. The van der Waals surface area contributed by atoms with Crippen LogP contribution in [0.4, 0.5) is 10.5 Å². The first-order valence-electron chi connectivity index (χ1n) is 6.91. The highest BCUT2D eigenvalue weighted by Gasteiger charge is 2.12. The summed E-state index contributed by atoms with van der Waals surface area (Å²) < 4.78 is 8.12. The van der Waals surface area contributed by atoms with Crippen LogP contribution in [-0.4, -0.2) is 41.2 Å². The van der Waals surface area contributed by atoms with Crippen molar-refractivity contribution in [2.24, 2.45) is 0 Å². The Balaban J connectivity index is 1.87. The number of ether oxygens (including phenoxy) is 1. The molecule has 0 unspecified atom stereocenters. The molecule has 2 amide bonds. The Labute approximate surface area is 138 Å². The number of benzene rings is 1. The number of carbonyl (C=O) groups is 1. The van der Waals surface area contributed by atoms with Gasteiger partial charge in [-0.3, -0.25) is 0 Å². The van der Waals surface area contributed by atoms with E-state index in [2.05, 4.69) is 26.2 Å². The number of aromatic nitrogens is 2. The van der Waals surface area contributed by atoms with Gasteiger partial charge in [-0.15, -0.1) is 0 Å². The number of methoxy groups -OCH3 is 1. The molecule has 118 valence electrons. The molecular weight excluding hydrogens is 348 g/mol. The van der Waals surface area contributed by atoms with Crippen molar-refractivity contribution in [3.63, 3.8) is 0 Å². The molecule has 0 bridgehead atoms. The number of amides is 2. The van der Waals surface area contributed by atoms with Crippen molar-refractivity contribution < 1.29 is 9.53 Å². The zero-order valence-electron chi connectivity index (χ0n) is 12.6. The van der Waals surface area contributed by atoms with Crippen molar-refractivity contribution in [1.82, 2.24) is 14.5 Å². The van der Waals surface area contributed by atoms with Crippen LogP contribution < -0.4 is 10.1 Å². The maximum atomic E-state index is 12.2. The highest BCUT2D eigenvalue weighted by Crippen LogP contribution is 2.28. The lowest BCUT2D eigenvalue weighted by molar-refractivity contribution is 0.221. The van der Waals surface area contributed by atoms with Crippen LogP contribution in [0.1, 0.15) is 6.42 Å². The molecule has 1 aromatic heterocycles. The highest BCUT2D eigenvalue weighted by molar-refractivity contribution is 9.10. The van der Waals surface area contributed by atoms with Gasteiger partial charge in [-0.1, -0.05) is 15.9 Å². The number of imidazole rings is 1. The van der Waals surface area contributed by atoms with Crippen LogP contribution in [0.5, 0.6) is 5.75 Å². The topological polar surface area (TPSA) is 59.4 Å². The number of urea groups is 1. The summed E-state index contributed by atoms with van der Waals surface area (Å²) in [6, 6.07) is 5.32. The Bertz CT molecular complexity index is 616. The van der Waals surface area contributed by atoms with E-state index in [0.717, 1.165) is 17.4 Å². The van der Waals surface area contributed by atoms with Gasteiger partial charge in [0.2, 0.25) is 0 Å². The van der Waals surface area contributed by atoms with Crippen LogP contribution in [0.3, 0.4) is 0 Å². The first-order valence-corrected chi connectivity index (χ1v) is 7.71. The summed E-state index contributed by atoms with van der Waals surface area (Å²) in [5.41, 5.74) is 0.642. The van der Waals surface area contributed by atoms with Crippen LogP contribution in [0.2, 0.25) is 0 Å². The molecule has 1 heterocycles. The molecule has 0 fully saturated rings. The molecule has 0 aliphatic rings. The van der Waals surface area contributed by atoms with Crippen LogP contribution in [0.15, 0.2) is 41.4 Å². The molecule has 6 nitrogen and oxygen atoms in total. The number of halogens is 1. The van der Waals surface area contributed by atoms with E-state index in [1.165, 1.54) is 0 Å². The maximum Gasteiger partial charge on any atom is 0.321 e. The SMILES string of the molecule is COc1ccc(Br)cc1NC(=O)N(C)CCCn1ccnc1. The fourth-order valence-electron chi connectivity index (χ4n) is 2.00. The minimum Gasteiger partial charge on any atom is -0.495 e. The summed E-state index contributed by atoms with van der Waals surface area (Å²) in [7, 11) is 3.35. The average Bonchev–Trinajstić information content (AvgIpc) is 3.00. The van der Waals surface area contributed by atoms with Gasteiger partial charge in [0.1, 0.15) is 5.75 Å². The van der Waals surface area contributed by atoms with E-state index in [-0.39, 0.29) is 6.03 Å². The van der Waals surface area contributed by atoms with E-state index in [9.17, 15) is 4.79 Å². The second-order valence-electron chi connectivity index (χ2n) is 4.85. The van der Waals surface area contributed by atoms with Gasteiger partial charge >= 0.3 is 6.03 Å². The van der Waals surface area contributed by atoms with Gasteiger partial charge < -0.3 is 19.5 Å². The standard InChI is InChI=1S/C15H19BrN4O2/c1-19(7-3-8-20-9-6-17-11-20)15(21)18-13-10-12(16)4-5-14(13)22-2/h4-6,9-11H,3,7-8H2,1-2H3,(H,18,21). The third-order valence-electron chi connectivity index (χ3n) is 3.22. The summed E-state index contributed by atoms with van der Waals surface area (Å²) in [6.45, 7) is 1.48. The molecule has 2 aromatic rings. The second kappa shape index (κ2) is 7.84. The fourth-order valence-corrected chi connectivity index (χ4v) is 2.36. The summed E-state index contributed by atoms with van der Waals surface area (Å²) in [6.07, 6.45) is 6.28. The lowest BCUT2D eigenvalue weighted by Crippen LogP contribution is -2.32. The van der Waals surface area contributed by atoms with Crippen LogP contribution in [0, 0.1) is 0 Å². The first kappa shape index (κ1) is 16.4. The summed E-state index contributed by atoms with van der Waals surface area (Å²) in [4.78, 5) is 17.8. The van der Waals surface area contributed by atoms with Crippen molar-refractivity contribution in [2.75, 3.05) is 26.0 Å². The molecule has 0 atom stereocenters. The normalized spacial score (nSPS) is 10.3. The van der Waals surface area contributed by atoms with Crippen LogP contribution in [-0.2, 0) is 6.54 Å². The van der Waals surface area contributed by atoms with Crippen molar-refractivity contribution in [3.05, 3.63) is 41.4 Å². The number of hydrogen-bond acceptors (Lipinski definition) is 3. The van der Waals surface area contributed by atoms with Gasteiger partial charge in [0, 0.05) is 37.0 Å². The molecule has 0 aliphatic carbocycles. The predicted octanol–water partition coefficient (Wildman–Crippen LogP) is 3.21. The molecule has 0 saturated heterocycles. The van der Waals surface area contributed by atoms with E-state index in [1.54, 1.807) is 37.6 Å². The minimum atomic E-state index is -0.165. The predicted molar refractivity (Wildman–Crippen MR) is 89.2 cm³/mol. The fraction of sp³-hybridized carbons (Fsp3) is 0.333. The Kier molecular flexibility index (Phi) is 5.83. The number of rotatable bonds is 6. The summed E-state index contributed by atoms with van der Waals surface area (Å²) in [5.74, 6) is 0.628. The average molecular weight is 367 g/mol. The number of aryl methyl sites for hydroxylation is 1. The lowest BCUT2D eigenvalue weighted by atomic mass is 10.3. The van der Waals surface area contributed by atoms with E-state index in [4.69, 9.17) is 4.74 Å². The minimum absolute atomic E-state index is 0.165. The van der Waals surface area contributed by atoms with Gasteiger partial charge in [-0.2, -0.15) is 0 Å². The van der Waals surface area contributed by atoms with Gasteiger partial charge in [0.25, 0.3) is 0 Å². The second-order valence-corrected chi connectivity index (χ2v) is 5.77. The molecular formula is C15H19BrN4O2. The molecule has 1 aromatic carbocycles. The highest BCUT2D eigenvalue weighted by atomic mass is 79.9. The molecule has 0 spiro atoms. The number of nitrogens with zero attached hydrogens (tertiary/aromatic N) is 3. The van der Waals surface area contributed by atoms with Crippen molar-refractivity contribution in [3.8, 4) is 5.75 Å². The number of nitrogens with one attached hydrogen (secondary N) is 1. The quantitative estimate of drug-likeness (QED) is 0.853. The van der Waals surface area contributed by atoms with Gasteiger partial charge in [0.15, 0.2) is 0 Å². The van der Waals surface area contributed by atoms with Crippen molar-refractivity contribution >= 4 is 27.6 Å². The van der Waals surface area contributed by atoms with E-state index in [1.807, 2.05) is 22.9 Å². The molecule has 1 N–H and O–H groups in total. The van der Waals surface area contributed by atoms with E-state index < -0.39 is 0 Å². The number of anilines is 1. The third kappa shape index (κ3) is 4.49. The van der Waals surface area contributed by atoms with Gasteiger partial charge in [-0.25, -0.2) is 9.78 Å². The monoisotopic (exact) mass is 366 g/mol. The molecule has 2 rings (SSSR count). The molecule has 0 aliphatic heterocycles. The van der Waals surface area contributed by atoms with Crippen molar-refractivity contribution in [1.29, 1.82) is 0 Å². The van der Waals surface area contributed by atoms with E-state index >= 15 is 0 Å². The maximum absolute atomic E-state index is 12.2. The van der Waals surface area contributed by atoms with Crippen molar-refractivity contribution in [2.45, 2.75) is 13.0 Å². The zero-order chi connectivity index (χ0) is 15.9. The number of hydrogen-bond donors (Lipinski definition) is 1. The van der Waals surface area contributed by atoms with Crippen LogP contribution >= 0.6 is 15.9 Å². The molecule has 7 heteroatoms. The van der Waals surface area contributed by atoms with Crippen LogP contribution in [0.25, 0.3) is 0 Å². The van der Waals surface area contributed by atoms with Gasteiger partial charge in [0.05, 0.1) is 19.1 Å². The van der Waals surface area contributed by atoms with E-state index in [0.29, 0.717) is 18.0 Å². The Hall–Kier alpha value is -2.02. The third-order valence-corrected chi connectivity index (χ3v) is 3.71. The largest absolute Gasteiger partial charge is 0.495 e. The molecule has 0 radical (unpaired) electrons. The number of carbonyl (C=O) groups excluding carboxylic acids is 1. The lowest BCUT2D eigenvalue weighted by Gasteiger charge is -2.19. The summed E-state index contributed by atoms with van der Waals surface area (Å²) in [5, 5.41) is 2.86. The molecule has 22 heavy (non-hydrogen) atoms. The zero-order valence-corrected chi connectivity index (χ0v) is 14.2.